The number of alkyl halides is 12. The molecule has 0 atom stereocenters. The fraction of sp³-hybridized carbons (Fsp3) is 0.0714. The van der Waals surface area contributed by atoms with E-state index < -0.39 is 62.1 Å². The average molecular weight is 995 g/mol. The van der Waals surface area contributed by atoms with E-state index in [9.17, 15) is 52.7 Å². The predicted octanol–water partition coefficient (Wildman–Crippen LogP) is 14.2. The largest absolute Gasteiger partial charge is 0.416 e. The van der Waals surface area contributed by atoms with Gasteiger partial charge in [-0.3, -0.25) is 0 Å². The molecule has 0 nitrogen and oxygen atoms in total. The normalized spacial score (nSPS) is 13.3. The first-order chi connectivity index (χ1) is 33.2. The Morgan fingerprint density at radius 2 is 0.457 bits per heavy atom. The Morgan fingerprint density at radius 3 is 0.657 bits per heavy atom. The van der Waals surface area contributed by atoms with Gasteiger partial charge in [0.25, 0.3) is 0 Å². The van der Waals surface area contributed by atoms with E-state index in [1.165, 1.54) is 48.5 Å². The molecule has 8 aromatic carbocycles. The van der Waals surface area contributed by atoms with Crippen molar-refractivity contribution in [2.45, 2.75) is 24.7 Å². The highest BCUT2D eigenvalue weighted by atomic mass is 29.3. The van der Waals surface area contributed by atoms with Crippen LogP contribution in [0, 0.1) is 0 Å². The van der Waals surface area contributed by atoms with E-state index in [1.807, 2.05) is 48.5 Å². The lowest BCUT2D eigenvalue weighted by Crippen LogP contribution is -2.86. The van der Waals surface area contributed by atoms with Gasteiger partial charge in [-0.25, -0.2) is 0 Å². The van der Waals surface area contributed by atoms with Gasteiger partial charge in [-0.1, -0.05) is 203 Å². The molecule has 0 aliphatic rings. The quantitative estimate of drug-likeness (QED) is 0.0688. The summed E-state index contributed by atoms with van der Waals surface area (Å²) in [4.78, 5) is 0. The molecule has 0 radical (unpaired) electrons. The fourth-order valence-corrected chi connectivity index (χ4v) is 29.4. The Kier molecular flexibility index (Phi) is 13.6. The summed E-state index contributed by atoms with van der Waals surface area (Å²) >= 11 is 0. The highest BCUT2D eigenvalue weighted by Crippen LogP contribution is 2.44. The van der Waals surface area contributed by atoms with Gasteiger partial charge in [0, 0.05) is 0 Å². The number of rotatable bonds is 11. The molecule has 0 saturated carbocycles. The monoisotopic (exact) mass is 994 g/mol. The Bertz CT molecular complexity index is 2780. The van der Waals surface area contributed by atoms with Gasteiger partial charge in [0.05, 0.1) is 22.3 Å². The summed E-state index contributed by atoms with van der Waals surface area (Å²) in [7, 11) is -8.88. The lowest BCUT2D eigenvalue weighted by molar-refractivity contribution is -0.138. The number of halogens is 12. The SMILES string of the molecule is FC(F)(F)c1ccc(/C=C(\c2ccc(C(F)(F)F)cc2)[Si](c2ccccc2)(c2ccccc2)[Si](/C(=C/c2ccc(C(F)(F)F)cc2)c2ccc(C(F)(F)F)cc2)(c2ccccc2)c2ccccc2)cc1. The highest BCUT2D eigenvalue weighted by molar-refractivity contribution is 7.70. The van der Waals surface area contributed by atoms with E-state index in [2.05, 4.69) is 0 Å². The van der Waals surface area contributed by atoms with Crippen LogP contribution in [0.3, 0.4) is 0 Å². The van der Waals surface area contributed by atoms with Crippen LogP contribution in [0.15, 0.2) is 218 Å². The first kappa shape index (κ1) is 49.3. The van der Waals surface area contributed by atoms with Crippen LogP contribution in [-0.2, 0) is 24.7 Å². The van der Waals surface area contributed by atoms with Crippen molar-refractivity contribution in [1.29, 1.82) is 0 Å². The molecular formula is C56H38F12Si2. The second kappa shape index (κ2) is 19.3. The summed E-state index contributed by atoms with van der Waals surface area (Å²) in [6.07, 6.45) is -15.6. The Balaban J connectivity index is 1.68. The number of benzene rings is 8. The molecule has 0 aliphatic carbocycles. The smallest absolute Gasteiger partial charge is 0.166 e. The van der Waals surface area contributed by atoms with Gasteiger partial charge in [0.1, 0.15) is 0 Å². The van der Waals surface area contributed by atoms with Crippen LogP contribution in [0.4, 0.5) is 52.7 Å². The average Bonchev–Trinajstić information content (AvgIpc) is 3.35. The van der Waals surface area contributed by atoms with E-state index in [-0.39, 0.29) is 22.3 Å². The maximum atomic E-state index is 14.5. The third-order valence-corrected chi connectivity index (χ3v) is 29.2. The first-order valence-electron chi connectivity index (χ1n) is 21.6. The molecule has 14 heteroatoms. The minimum absolute atomic E-state index is 0.249. The maximum absolute atomic E-state index is 14.5. The summed E-state index contributed by atoms with van der Waals surface area (Å²) in [5, 5.41) is 3.46. The minimum atomic E-state index is -4.77. The molecule has 0 N–H and O–H groups in total. The van der Waals surface area contributed by atoms with Crippen LogP contribution in [-0.4, -0.2) is 15.2 Å². The molecule has 0 heterocycles. The standard InChI is InChI=1S/C56H38F12Si2/c57-53(58,59)43-29-21-39(22-30-43)37-51(41-25-33-45(34-26-41)55(63,64)65)69(47-13-5-1-6-14-47,48-15-7-2-8-16-48)70(49-17-9-3-10-18-49,50-19-11-4-12-20-50)52(42-27-35-46(36-28-42)56(66,67)68)38-40-23-31-44(32-24-40)54(60,61)62/h1-38H/b51-37+,52-38+. The van der Waals surface area contributed by atoms with E-state index in [1.54, 1.807) is 84.9 Å². The molecule has 0 spiro atoms. The summed E-state index contributed by atoms with van der Waals surface area (Å²) in [6, 6.07) is 54.0. The van der Waals surface area contributed by atoms with Crippen LogP contribution in [0.1, 0.15) is 44.5 Å². The molecule has 70 heavy (non-hydrogen) atoms. The van der Waals surface area contributed by atoms with Crippen LogP contribution in [0.2, 0.25) is 0 Å². The van der Waals surface area contributed by atoms with Gasteiger partial charge >= 0.3 is 24.7 Å². The molecule has 354 valence electrons. The number of hydrogen-bond donors (Lipinski definition) is 0. The van der Waals surface area contributed by atoms with Gasteiger partial charge in [-0.05, 0) is 81.2 Å². The van der Waals surface area contributed by atoms with Gasteiger partial charge in [0.2, 0.25) is 0 Å². The molecule has 8 rings (SSSR count). The van der Waals surface area contributed by atoms with Crippen LogP contribution in [0.5, 0.6) is 0 Å². The van der Waals surface area contributed by atoms with Crippen LogP contribution < -0.4 is 20.7 Å². The van der Waals surface area contributed by atoms with Crippen molar-refractivity contribution < 1.29 is 52.7 Å². The van der Waals surface area contributed by atoms with E-state index in [0.29, 0.717) is 31.1 Å². The van der Waals surface area contributed by atoms with Gasteiger partial charge < -0.3 is 0 Å². The highest BCUT2D eigenvalue weighted by Gasteiger charge is 2.64. The van der Waals surface area contributed by atoms with Gasteiger partial charge in [-0.15, -0.1) is 0 Å². The third-order valence-electron chi connectivity index (χ3n) is 12.3. The zero-order valence-corrected chi connectivity index (χ0v) is 38.5. The second-order valence-corrected chi connectivity index (χ2v) is 27.4. The molecule has 8 aromatic rings. The van der Waals surface area contributed by atoms with Crippen molar-refractivity contribution in [2.24, 2.45) is 0 Å². The van der Waals surface area contributed by atoms with Gasteiger partial charge in [-0.2, -0.15) is 52.7 Å². The first-order valence-corrected chi connectivity index (χ1v) is 26.6. The predicted molar refractivity (Wildman–Crippen MR) is 257 cm³/mol. The van der Waals surface area contributed by atoms with Crippen molar-refractivity contribution in [2.75, 3.05) is 0 Å². The molecule has 0 aliphatic heterocycles. The lowest BCUT2D eigenvalue weighted by atomic mass is 10.1. The fourth-order valence-electron chi connectivity index (χ4n) is 9.34. The van der Waals surface area contributed by atoms with E-state index in [4.69, 9.17) is 0 Å². The summed E-state index contributed by atoms with van der Waals surface area (Å²) < 4.78 is 172. The Hall–Kier alpha value is -7.17. The van der Waals surface area contributed by atoms with Gasteiger partial charge in [0.15, 0.2) is 15.2 Å². The van der Waals surface area contributed by atoms with Crippen molar-refractivity contribution in [1.82, 2.24) is 0 Å². The Morgan fingerprint density at radius 1 is 0.257 bits per heavy atom. The van der Waals surface area contributed by atoms with Crippen LogP contribution >= 0.6 is 0 Å². The molecule has 0 saturated heterocycles. The maximum Gasteiger partial charge on any atom is 0.416 e. The topological polar surface area (TPSA) is 0 Å². The summed E-state index contributed by atoms with van der Waals surface area (Å²) in [6.45, 7) is 0. The van der Waals surface area contributed by atoms with E-state index >= 15 is 0 Å². The molecule has 0 bridgehead atoms. The zero-order chi connectivity index (χ0) is 50.0. The molecule has 0 unspecified atom stereocenters. The lowest BCUT2D eigenvalue weighted by Gasteiger charge is -2.52. The van der Waals surface area contributed by atoms with Crippen molar-refractivity contribution in [3.8, 4) is 0 Å². The minimum Gasteiger partial charge on any atom is -0.166 e. The molecular weight excluding hydrogens is 957 g/mol. The zero-order valence-electron chi connectivity index (χ0n) is 36.5. The van der Waals surface area contributed by atoms with Crippen LogP contribution in [0.25, 0.3) is 22.5 Å². The van der Waals surface area contributed by atoms with Crippen molar-refractivity contribution in [3.05, 3.63) is 263 Å². The third kappa shape index (κ3) is 9.70. The molecule has 0 amide bonds. The summed E-state index contributed by atoms with van der Waals surface area (Å²) in [5.41, 5.74) is -2.82. The summed E-state index contributed by atoms with van der Waals surface area (Å²) in [5.74, 6) is 0. The second-order valence-electron chi connectivity index (χ2n) is 16.5. The Labute approximate surface area is 397 Å². The van der Waals surface area contributed by atoms with Crippen molar-refractivity contribution >= 4 is 58.5 Å². The molecule has 0 aromatic heterocycles. The molecule has 0 fully saturated rings. The van der Waals surface area contributed by atoms with E-state index in [0.717, 1.165) is 48.5 Å². The van der Waals surface area contributed by atoms with Crippen molar-refractivity contribution in [3.63, 3.8) is 0 Å². The number of hydrogen-bond acceptors (Lipinski definition) is 0.